The Bertz CT molecular complexity index is 809. The molecule has 0 aliphatic rings. The van der Waals surface area contributed by atoms with Crippen LogP contribution in [-0.4, -0.2) is 19.9 Å². The second-order valence-corrected chi connectivity index (χ2v) is 7.46. The number of thiophene rings is 1. The molecule has 0 saturated carbocycles. The molecule has 3 aromatic rings. The third kappa shape index (κ3) is 2.47. The van der Waals surface area contributed by atoms with Crippen LogP contribution >= 0.6 is 11.3 Å². The number of nitrogens with zero attached hydrogens (tertiary/aromatic N) is 2. The molecular formula is C14H15N3O2S2. The fourth-order valence-corrected chi connectivity index (χ4v) is 4.86. The van der Waals surface area contributed by atoms with Crippen molar-refractivity contribution in [3.05, 3.63) is 24.1 Å². The molecule has 0 saturated heterocycles. The van der Waals surface area contributed by atoms with E-state index in [4.69, 9.17) is 10.2 Å². The van der Waals surface area contributed by atoms with E-state index in [1.807, 2.05) is 19.9 Å². The van der Waals surface area contributed by atoms with Crippen LogP contribution in [0.15, 0.2) is 27.2 Å². The lowest BCUT2D eigenvalue weighted by Gasteiger charge is -2.01. The van der Waals surface area contributed by atoms with Crippen molar-refractivity contribution in [1.82, 2.24) is 9.97 Å². The summed E-state index contributed by atoms with van der Waals surface area (Å²) in [6.45, 7) is 3.97. The zero-order valence-corrected chi connectivity index (χ0v) is 13.4. The molecule has 21 heavy (non-hydrogen) atoms. The van der Waals surface area contributed by atoms with E-state index in [1.54, 1.807) is 6.20 Å². The molecular weight excluding hydrogens is 306 g/mol. The van der Waals surface area contributed by atoms with Crippen molar-refractivity contribution in [2.75, 3.05) is 11.5 Å². The Morgan fingerprint density at radius 3 is 2.95 bits per heavy atom. The monoisotopic (exact) mass is 321 g/mol. The molecule has 0 aromatic carbocycles. The molecule has 0 aliphatic carbocycles. The highest BCUT2D eigenvalue weighted by Gasteiger charge is 2.19. The van der Waals surface area contributed by atoms with Crippen molar-refractivity contribution < 1.29 is 8.63 Å². The average molecular weight is 321 g/mol. The maximum Gasteiger partial charge on any atom is 0.245 e. The minimum Gasteiger partial charge on any atom is -0.443 e. The van der Waals surface area contributed by atoms with Crippen LogP contribution in [0.25, 0.3) is 21.8 Å². The number of pyridine rings is 1. The summed E-state index contributed by atoms with van der Waals surface area (Å²) in [6, 6.07) is 1.89. The van der Waals surface area contributed by atoms with Crippen molar-refractivity contribution in [2.45, 2.75) is 24.5 Å². The van der Waals surface area contributed by atoms with Gasteiger partial charge in [0.15, 0.2) is 0 Å². The molecule has 5 nitrogen and oxygen atoms in total. The predicted octanol–water partition coefficient (Wildman–Crippen LogP) is 3.36. The summed E-state index contributed by atoms with van der Waals surface area (Å²) in [5, 5.41) is 0.884. The second kappa shape index (κ2) is 5.57. The Labute approximate surface area is 128 Å². The Balaban J connectivity index is 2.18. The van der Waals surface area contributed by atoms with Gasteiger partial charge in [-0.1, -0.05) is 6.92 Å². The van der Waals surface area contributed by atoms with Crippen LogP contribution in [0, 0.1) is 6.92 Å². The number of nitrogen functional groups attached to an aromatic ring is 1. The molecule has 0 spiro atoms. The van der Waals surface area contributed by atoms with Crippen molar-refractivity contribution in [3.63, 3.8) is 0 Å². The van der Waals surface area contributed by atoms with E-state index in [9.17, 15) is 4.21 Å². The van der Waals surface area contributed by atoms with E-state index in [0.29, 0.717) is 27.2 Å². The van der Waals surface area contributed by atoms with Gasteiger partial charge < -0.3 is 10.2 Å². The lowest BCUT2D eigenvalue weighted by atomic mass is 10.1. The first kappa shape index (κ1) is 14.2. The van der Waals surface area contributed by atoms with Crippen LogP contribution in [0.2, 0.25) is 0 Å². The smallest absolute Gasteiger partial charge is 0.245 e. The Morgan fingerprint density at radius 2 is 2.29 bits per heavy atom. The van der Waals surface area contributed by atoms with E-state index >= 15 is 0 Å². The molecule has 7 heteroatoms. The molecule has 3 rings (SSSR count). The van der Waals surface area contributed by atoms with Gasteiger partial charge in [0.25, 0.3) is 0 Å². The Hall–Kier alpha value is -1.73. The largest absolute Gasteiger partial charge is 0.443 e. The van der Waals surface area contributed by atoms with Crippen LogP contribution in [0.3, 0.4) is 0 Å². The molecule has 110 valence electrons. The highest BCUT2D eigenvalue weighted by atomic mass is 32.2. The molecule has 0 bridgehead atoms. The third-order valence-electron chi connectivity index (χ3n) is 3.11. The highest BCUT2D eigenvalue weighted by Crippen LogP contribution is 2.38. The van der Waals surface area contributed by atoms with Crippen molar-refractivity contribution in [3.8, 4) is 11.6 Å². The van der Waals surface area contributed by atoms with Gasteiger partial charge in [0.2, 0.25) is 5.89 Å². The fourth-order valence-electron chi connectivity index (χ4n) is 2.20. The number of rotatable bonds is 4. The van der Waals surface area contributed by atoms with Crippen LogP contribution in [0.4, 0.5) is 5.69 Å². The van der Waals surface area contributed by atoms with Gasteiger partial charge in [-0.25, -0.2) is 9.97 Å². The Morgan fingerprint density at radius 1 is 1.48 bits per heavy atom. The first-order valence-corrected chi connectivity index (χ1v) is 8.73. The highest BCUT2D eigenvalue weighted by molar-refractivity contribution is 7.87. The maximum atomic E-state index is 12.2. The maximum absolute atomic E-state index is 12.2. The van der Waals surface area contributed by atoms with Gasteiger partial charge in [0.1, 0.15) is 21.0 Å². The zero-order valence-electron chi connectivity index (χ0n) is 11.8. The van der Waals surface area contributed by atoms with E-state index in [1.165, 1.54) is 17.6 Å². The number of oxazole rings is 1. The normalized spacial score (nSPS) is 12.9. The lowest BCUT2D eigenvalue weighted by molar-refractivity contribution is 0.572. The molecule has 0 aliphatic heterocycles. The number of hydrogen-bond acceptors (Lipinski definition) is 6. The standard InChI is InChI=1S/C14H15N3O2S2/c1-3-6-21(18)14-11(15)10-8(2)7-9(17-13(10)20-14)12-16-4-5-19-12/h4-5,7H,3,6,15H2,1-2H3. The minimum atomic E-state index is -1.06. The third-order valence-corrected chi connectivity index (χ3v) is 6.22. The van der Waals surface area contributed by atoms with Gasteiger partial charge in [-0.15, -0.1) is 11.3 Å². The minimum absolute atomic E-state index is 0.475. The number of nitrogens with two attached hydrogens (primary N) is 1. The van der Waals surface area contributed by atoms with Gasteiger partial charge in [-0.05, 0) is 25.0 Å². The summed E-state index contributed by atoms with van der Waals surface area (Å²) in [5.41, 5.74) is 8.42. The molecule has 0 radical (unpaired) electrons. The van der Waals surface area contributed by atoms with E-state index in [0.717, 1.165) is 22.2 Å². The van der Waals surface area contributed by atoms with Gasteiger partial charge in [-0.2, -0.15) is 0 Å². The van der Waals surface area contributed by atoms with E-state index in [-0.39, 0.29) is 0 Å². The molecule has 0 amide bonds. The summed E-state index contributed by atoms with van der Waals surface area (Å²) in [6.07, 6.45) is 3.95. The molecule has 3 aromatic heterocycles. The number of fused-ring (bicyclic) bond motifs is 1. The van der Waals surface area contributed by atoms with E-state index < -0.39 is 10.8 Å². The first-order chi connectivity index (χ1) is 10.1. The van der Waals surface area contributed by atoms with Crippen molar-refractivity contribution in [2.24, 2.45) is 0 Å². The van der Waals surface area contributed by atoms with E-state index in [2.05, 4.69) is 9.97 Å². The van der Waals surface area contributed by atoms with Crippen LogP contribution in [0.5, 0.6) is 0 Å². The number of hydrogen-bond donors (Lipinski definition) is 1. The molecule has 2 N–H and O–H groups in total. The zero-order chi connectivity index (χ0) is 15.0. The van der Waals surface area contributed by atoms with Crippen molar-refractivity contribution >= 4 is 38.0 Å². The Kier molecular flexibility index (Phi) is 3.77. The van der Waals surface area contributed by atoms with Gasteiger partial charge >= 0.3 is 0 Å². The summed E-state index contributed by atoms with van der Waals surface area (Å²) in [5.74, 6) is 1.09. The second-order valence-electron chi connectivity index (χ2n) is 4.69. The number of anilines is 1. The topological polar surface area (TPSA) is 82.0 Å². The summed E-state index contributed by atoms with van der Waals surface area (Å²) in [7, 11) is -1.06. The predicted molar refractivity (Wildman–Crippen MR) is 85.8 cm³/mol. The van der Waals surface area contributed by atoms with Gasteiger partial charge in [0.05, 0.1) is 22.7 Å². The van der Waals surface area contributed by atoms with Gasteiger partial charge in [0, 0.05) is 11.1 Å². The molecule has 0 fully saturated rings. The van der Waals surface area contributed by atoms with Crippen LogP contribution in [0.1, 0.15) is 18.9 Å². The summed E-state index contributed by atoms with van der Waals surface area (Å²) >= 11 is 1.39. The summed E-state index contributed by atoms with van der Waals surface area (Å²) < 4.78 is 18.2. The summed E-state index contributed by atoms with van der Waals surface area (Å²) in [4.78, 5) is 9.44. The number of aromatic nitrogens is 2. The fraction of sp³-hybridized carbons (Fsp3) is 0.286. The molecule has 1 atom stereocenters. The first-order valence-electron chi connectivity index (χ1n) is 6.59. The SMILES string of the molecule is CCCS(=O)c1sc2nc(-c3ncco3)cc(C)c2c1N. The van der Waals surface area contributed by atoms with Crippen LogP contribution in [-0.2, 0) is 10.8 Å². The number of aryl methyl sites for hydroxylation is 1. The molecule has 1 unspecified atom stereocenters. The quantitative estimate of drug-likeness (QED) is 0.796. The average Bonchev–Trinajstić information content (AvgIpc) is 3.07. The van der Waals surface area contributed by atoms with Gasteiger partial charge in [-0.3, -0.25) is 4.21 Å². The lowest BCUT2D eigenvalue weighted by Crippen LogP contribution is -1.98. The van der Waals surface area contributed by atoms with Crippen molar-refractivity contribution in [1.29, 1.82) is 0 Å². The van der Waals surface area contributed by atoms with Crippen LogP contribution < -0.4 is 5.73 Å². The molecule has 3 heterocycles.